The molecule has 0 aliphatic carbocycles. The molecule has 2 rings (SSSR count). The summed E-state index contributed by atoms with van der Waals surface area (Å²) in [5.74, 6) is 0.159. The first kappa shape index (κ1) is 13.1. The molecule has 0 spiro atoms. The molecule has 1 aromatic rings. The number of hydrogen-bond donors (Lipinski definition) is 0. The lowest BCUT2D eigenvalue weighted by Gasteiger charge is -2.23. The van der Waals surface area contributed by atoms with Crippen molar-refractivity contribution in [1.82, 2.24) is 0 Å². The zero-order valence-corrected chi connectivity index (χ0v) is 11.6. The van der Waals surface area contributed by atoms with Crippen LogP contribution in [0.2, 0.25) is 0 Å². The van der Waals surface area contributed by atoms with Gasteiger partial charge in [0.1, 0.15) is 0 Å². The Morgan fingerprint density at radius 3 is 2.94 bits per heavy atom. The standard InChI is InChI=1S/C12H18O3S2/c1-10(12-6-4-8-16-12)17(13,14)9-11-5-2-3-7-15-11/h4,6,8,10-11H,2-3,5,7,9H2,1H3/t10-,11-/m1/s1. The fourth-order valence-electron chi connectivity index (χ4n) is 2.04. The van der Waals surface area contributed by atoms with Gasteiger partial charge in [-0.25, -0.2) is 8.42 Å². The van der Waals surface area contributed by atoms with Gasteiger partial charge in [0.15, 0.2) is 9.84 Å². The molecule has 0 bridgehead atoms. The highest BCUT2D eigenvalue weighted by Gasteiger charge is 2.28. The van der Waals surface area contributed by atoms with Crippen LogP contribution in [0.5, 0.6) is 0 Å². The van der Waals surface area contributed by atoms with Crippen molar-refractivity contribution in [2.45, 2.75) is 37.5 Å². The van der Waals surface area contributed by atoms with Crippen molar-refractivity contribution in [3.05, 3.63) is 22.4 Å². The molecule has 17 heavy (non-hydrogen) atoms. The van der Waals surface area contributed by atoms with Crippen molar-refractivity contribution in [1.29, 1.82) is 0 Å². The minimum Gasteiger partial charge on any atom is -0.377 e. The number of thiophene rings is 1. The summed E-state index contributed by atoms with van der Waals surface area (Å²) in [4.78, 5) is 0.917. The highest BCUT2D eigenvalue weighted by molar-refractivity contribution is 7.91. The van der Waals surface area contributed by atoms with Gasteiger partial charge in [0, 0.05) is 11.5 Å². The molecule has 0 N–H and O–H groups in total. The molecule has 1 aromatic heterocycles. The summed E-state index contributed by atoms with van der Waals surface area (Å²) in [6.45, 7) is 2.47. The molecular formula is C12H18O3S2. The van der Waals surface area contributed by atoms with Crippen LogP contribution in [0.1, 0.15) is 36.3 Å². The molecule has 2 heterocycles. The van der Waals surface area contributed by atoms with Gasteiger partial charge in [-0.3, -0.25) is 0 Å². The summed E-state index contributed by atoms with van der Waals surface area (Å²) in [6.07, 6.45) is 2.90. The maximum absolute atomic E-state index is 12.2. The van der Waals surface area contributed by atoms with Crippen LogP contribution in [0, 0.1) is 0 Å². The highest BCUT2D eigenvalue weighted by atomic mass is 32.2. The largest absolute Gasteiger partial charge is 0.377 e. The number of rotatable bonds is 4. The average Bonchev–Trinajstić information content (AvgIpc) is 2.82. The van der Waals surface area contributed by atoms with E-state index < -0.39 is 15.1 Å². The third-order valence-electron chi connectivity index (χ3n) is 3.17. The van der Waals surface area contributed by atoms with E-state index in [0.29, 0.717) is 6.61 Å². The second-order valence-electron chi connectivity index (χ2n) is 4.48. The smallest absolute Gasteiger partial charge is 0.160 e. The zero-order valence-electron chi connectivity index (χ0n) is 9.96. The SMILES string of the molecule is C[C@H](c1cccs1)S(=O)(=O)C[C@H]1CCCCO1. The molecule has 1 saturated heterocycles. The summed E-state index contributed by atoms with van der Waals surface area (Å²) in [5.41, 5.74) is 0. The first-order valence-electron chi connectivity index (χ1n) is 5.96. The van der Waals surface area contributed by atoms with Crippen molar-refractivity contribution >= 4 is 21.2 Å². The number of ether oxygens (including phenoxy) is 1. The minimum absolute atomic E-state index is 0.101. The molecule has 5 heteroatoms. The predicted molar refractivity (Wildman–Crippen MR) is 70.1 cm³/mol. The summed E-state index contributed by atoms with van der Waals surface area (Å²) in [5, 5.41) is 1.51. The maximum atomic E-state index is 12.2. The molecule has 0 amide bonds. The predicted octanol–water partition coefficient (Wildman–Crippen LogP) is 2.79. The fraction of sp³-hybridized carbons (Fsp3) is 0.667. The van der Waals surface area contributed by atoms with Gasteiger partial charge in [0.05, 0.1) is 17.1 Å². The van der Waals surface area contributed by atoms with Gasteiger partial charge in [0.25, 0.3) is 0 Å². The number of sulfone groups is 1. The summed E-state index contributed by atoms with van der Waals surface area (Å²) < 4.78 is 30.0. The van der Waals surface area contributed by atoms with Crippen LogP contribution >= 0.6 is 11.3 Å². The molecule has 3 nitrogen and oxygen atoms in total. The van der Waals surface area contributed by atoms with Crippen LogP contribution in [-0.4, -0.2) is 26.9 Å². The van der Waals surface area contributed by atoms with E-state index >= 15 is 0 Å². The highest BCUT2D eigenvalue weighted by Crippen LogP contribution is 2.28. The Morgan fingerprint density at radius 1 is 1.53 bits per heavy atom. The quantitative estimate of drug-likeness (QED) is 0.848. The summed E-state index contributed by atoms with van der Waals surface area (Å²) in [7, 11) is -3.10. The average molecular weight is 274 g/mol. The Morgan fingerprint density at radius 2 is 2.35 bits per heavy atom. The van der Waals surface area contributed by atoms with Gasteiger partial charge in [-0.2, -0.15) is 0 Å². The topological polar surface area (TPSA) is 43.4 Å². The van der Waals surface area contributed by atoms with E-state index in [4.69, 9.17) is 4.74 Å². The van der Waals surface area contributed by atoms with E-state index in [1.807, 2.05) is 17.5 Å². The Hall–Kier alpha value is -0.390. The molecule has 1 fully saturated rings. The van der Waals surface area contributed by atoms with E-state index in [0.717, 1.165) is 24.1 Å². The van der Waals surface area contributed by atoms with Crippen molar-refractivity contribution in [2.75, 3.05) is 12.4 Å². The first-order valence-corrected chi connectivity index (χ1v) is 8.55. The lowest BCUT2D eigenvalue weighted by atomic mass is 10.1. The first-order chi connectivity index (χ1) is 8.09. The van der Waals surface area contributed by atoms with Crippen molar-refractivity contribution in [2.24, 2.45) is 0 Å². The van der Waals surface area contributed by atoms with Crippen molar-refractivity contribution in [3.63, 3.8) is 0 Å². The Bertz CT molecular complexity index is 430. The van der Waals surface area contributed by atoms with Crippen molar-refractivity contribution in [3.8, 4) is 0 Å². The van der Waals surface area contributed by atoms with E-state index in [1.54, 1.807) is 6.92 Å². The summed E-state index contributed by atoms with van der Waals surface area (Å²) in [6, 6.07) is 3.78. The molecule has 96 valence electrons. The third kappa shape index (κ3) is 3.30. The molecule has 1 aliphatic heterocycles. The van der Waals surface area contributed by atoms with E-state index in [-0.39, 0.29) is 11.9 Å². The van der Waals surface area contributed by atoms with Crippen LogP contribution in [0.25, 0.3) is 0 Å². The normalized spacial score (nSPS) is 23.5. The third-order valence-corrected chi connectivity index (χ3v) is 6.55. The van der Waals surface area contributed by atoms with Gasteiger partial charge in [-0.1, -0.05) is 6.07 Å². The lowest BCUT2D eigenvalue weighted by Crippen LogP contribution is -2.29. The molecular weight excluding hydrogens is 256 g/mol. The van der Waals surface area contributed by atoms with Gasteiger partial charge in [0.2, 0.25) is 0 Å². The molecule has 0 unspecified atom stereocenters. The maximum Gasteiger partial charge on any atom is 0.160 e. The van der Waals surface area contributed by atoms with Crippen LogP contribution in [-0.2, 0) is 14.6 Å². The molecule has 0 radical (unpaired) electrons. The Balaban J connectivity index is 2.03. The zero-order chi connectivity index (χ0) is 12.3. The van der Waals surface area contributed by atoms with Crippen molar-refractivity contribution < 1.29 is 13.2 Å². The van der Waals surface area contributed by atoms with E-state index in [2.05, 4.69) is 0 Å². The molecule has 0 saturated carbocycles. The number of hydrogen-bond acceptors (Lipinski definition) is 4. The molecule has 1 aliphatic rings. The second-order valence-corrected chi connectivity index (χ2v) is 7.82. The van der Waals surface area contributed by atoms with Gasteiger partial charge >= 0.3 is 0 Å². The molecule has 2 atom stereocenters. The fourth-order valence-corrected chi connectivity index (χ4v) is 4.81. The van der Waals surface area contributed by atoms with Crippen LogP contribution in [0.4, 0.5) is 0 Å². The lowest BCUT2D eigenvalue weighted by molar-refractivity contribution is 0.0304. The van der Waals surface area contributed by atoms with Gasteiger partial charge < -0.3 is 4.74 Å². The second kappa shape index (κ2) is 5.50. The van der Waals surface area contributed by atoms with E-state index in [1.165, 1.54) is 11.3 Å². The minimum atomic E-state index is -3.10. The van der Waals surface area contributed by atoms with Gasteiger partial charge in [-0.05, 0) is 37.6 Å². The van der Waals surface area contributed by atoms with Gasteiger partial charge in [-0.15, -0.1) is 11.3 Å². The Labute approximate surface area is 107 Å². The monoisotopic (exact) mass is 274 g/mol. The van der Waals surface area contributed by atoms with Crippen LogP contribution in [0.3, 0.4) is 0 Å². The summed E-state index contributed by atoms with van der Waals surface area (Å²) >= 11 is 1.50. The van der Waals surface area contributed by atoms with Crippen LogP contribution in [0.15, 0.2) is 17.5 Å². The van der Waals surface area contributed by atoms with Crippen LogP contribution < -0.4 is 0 Å². The van der Waals surface area contributed by atoms with E-state index in [9.17, 15) is 8.42 Å². The molecule has 0 aromatic carbocycles. The Kier molecular flexibility index (Phi) is 4.22.